The number of nitrogens with zero attached hydrogens (tertiary/aromatic N) is 1. The predicted molar refractivity (Wildman–Crippen MR) is 78.0 cm³/mol. The zero-order chi connectivity index (χ0) is 14.5. The summed E-state index contributed by atoms with van der Waals surface area (Å²) in [6.45, 7) is 6.75. The van der Waals surface area contributed by atoms with Crippen LogP contribution in [0.15, 0.2) is 0 Å². The SMILES string of the molecule is CC1(C)C(NC2CCN(S(C)(=O)=O)CC2)C2CCOC21. The van der Waals surface area contributed by atoms with Gasteiger partial charge in [0.1, 0.15) is 0 Å². The quantitative estimate of drug-likeness (QED) is 0.838. The maximum Gasteiger partial charge on any atom is 0.211 e. The summed E-state index contributed by atoms with van der Waals surface area (Å²) in [4.78, 5) is 0. The third-order valence-electron chi connectivity index (χ3n) is 5.44. The highest BCUT2D eigenvalue weighted by molar-refractivity contribution is 7.88. The summed E-state index contributed by atoms with van der Waals surface area (Å²) in [6.07, 6.45) is 4.70. The van der Waals surface area contributed by atoms with Crippen LogP contribution in [-0.2, 0) is 14.8 Å². The lowest BCUT2D eigenvalue weighted by Gasteiger charge is -2.56. The molecular weight excluding hydrogens is 276 g/mol. The molecule has 2 heterocycles. The van der Waals surface area contributed by atoms with Crippen molar-refractivity contribution in [1.29, 1.82) is 0 Å². The van der Waals surface area contributed by atoms with E-state index in [1.165, 1.54) is 6.26 Å². The second kappa shape index (κ2) is 4.93. The lowest BCUT2D eigenvalue weighted by molar-refractivity contribution is -0.116. The van der Waals surface area contributed by atoms with Crippen LogP contribution in [0.4, 0.5) is 0 Å². The van der Waals surface area contributed by atoms with Crippen LogP contribution >= 0.6 is 0 Å². The van der Waals surface area contributed by atoms with E-state index in [4.69, 9.17) is 4.74 Å². The lowest BCUT2D eigenvalue weighted by atomic mass is 9.57. The number of fused-ring (bicyclic) bond motifs is 1. The highest BCUT2D eigenvalue weighted by Crippen LogP contribution is 2.52. The van der Waals surface area contributed by atoms with Crippen molar-refractivity contribution in [3.8, 4) is 0 Å². The summed E-state index contributed by atoms with van der Waals surface area (Å²) < 4.78 is 30.5. The molecular formula is C14H26N2O3S. The standard InChI is InChI=1S/C14H26N2O3S/c1-14(2)12(11-6-9-19-13(11)14)15-10-4-7-16(8-5-10)20(3,17)18/h10-13,15H,4-9H2,1-3H3. The molecule has 1 N–H and O–H groups in total. The van der Waals surface area contributed by atoms with Crippen LogP contribution < -0.4 is 5.32 Å². The highest BCUT2D eigenvalue weighted by Gasteiger charge is 2.59. The number of piperidine rings is 1. The van der Waals surface area contributed by atoms with E-state index in [0.717, 1.165) is 25.9 Å². The summed E-state index contributed by atoms with van der Waals surface area (Å²) in [5.74, 6) is 0.651. The Morgan fingerprint density at radius 3 is 2.45 bits per heavy atom. The van der Waals surface area contributed by atoms with E-state index < -0.39 is 10.0 Å². The molecule has 0 aromatic rings. The van der Waals surface area contributed by atoms with E-state index in [9.17, 15) is 8.42 Å². The van der Waals surface area contributed by atoms with E-state index >= 15 is 0 Å². The fourth-order valence-corrected chi connectivity index (χ4v) is 5.14. The Kier molecular flexibility index (Phi) is 3.64. The molecule has 2 aliphatic heterocycles. The van der Waals surface area contributed by atoms with Gasteiger partial charge >= 0.3 is 0 Å². The molecule has 3 aliphatic rings. The van der Waals surface area contributed by atoms with E-state index in [0.29, 0.717) is 37.2 Å². The molecule has 2 saturated heterocycles. The first-order chi connectivity index (χ1) is 9.30. The molecule has 0 aromatic carbocycles. The minimum absolute atomic E-state index is 0.204. The molecule has 0 aromatic heterocycles. The topological polar surface area (TPSA) is 58.6 Å². The Labute approximate surface area is 122 Å². The van der Waals surface area contributed by atoms with Gasteiger partial charge in [-0.3, -0.25) is 0 Å². The third kappa shape index (κ3) is 2.40. The van der Waals surface area contributed by atoms with Gasteiger partial charge in [0.25, 0.3) is 0 Å². The first kappa shape index (κ1) is 14.8. The molecule has 20 heavy (non-hydrogen) atoms. The molecule has 116 valence electrons. The molecule has 3 unspecified atom stereocenters. The summed E-state index contributed by atoms with van der Waals surface area (Å²) in [7, 11) is -3.02. The van der Waals surface area contributed by atoms with Gasteiger partial charge in [-0.25, -0.2) is 12.7 Å². The molecule has 3 fully saturated rings. The van der Waals surface area contributed by atoms with Crippen molar-refractivity contribution in [2.24, 2.45) is 11.3 Å². The molecule has 3 rings (SSSR count). The van der Waals surface area contributed by atoms with Gasteiger partial charge < -0.3 is 10.1 Å². The van der Waals surface area contributed by atoms with Crippen molar-refractivity contribution < 1.29 is 13.2 Å². The monoisotopic (exact) mass is 302 g/mol. The number of hydrogen-bond donors (Lipinski definition) is 1. The van der Waals surface area contributed by atoms with E-state index in [1.807, 2.05) is 0 Å². The van der Waals surface area contributed by atoms with Crippen LogP contribution in [0.3, 0.4) is 0 Å². The Balaban J connectivity index is 1.55. The van der Waals surface area contributed by atoms with Crippen molar-refractivity contribution >= 4 is 10.0 Å². The molecule has 1 aliphatic carbocycles. The summed E-state index contributed by atoms with van der Waals surface area (Å²) in [6, 6.07) is 0.962. The van der Waals surface area contributed by atoms with Crippen molar-refractivity contribution in [2.75, 3.05) is 26.0 Å². The van der Waals surface area contributed by atoms with Crippen LogP contribution in [0, 0.1) is 11.3 Å². The van der Waals surface area contributed by atoms with Crippen LogP contribution in [0.5, 0.6) is 0 Å². The molecule has 3 atom stereocenters. The summed E-state index contributed by atoms with van der Waals surface area (Å²) >= 11 is 0. The number of nitrogens with one attached hydrogen (secondary N) is 1. The van der Waals surface area contributed by atoms with Crippen LogP contribution in [0.2, 0.25) is 0 Å². The molecule has 5 nitrogen and oxygen atoms in total. The van der Waals surface area contributed by atoms with Gasteiger partial charge in [0.05, 0.1) is 12.4 Å². The van der Waals surface area contributed by atoms with Gasteiger partial charge in [-0.2, -0.15) is 0 Å². The van der Waals surface area contributed by atoms with Crippen molar-refractivity contribution in [3.63, 3.8) is 0 Å². The normalized spacial score (nSPS) is 38.5. The van der Waals surface area contributed by atoms with Crippen LogP contribution in [0.25, 0.3) is 0 Å². The van der Waals surface area contributed by atoms with E-state index in [2.05, 4.69) is 19.2 Å². The van der Waals surface area contributed by atoms with E-state index in [1.54, 1.807) is 4.31 Å². The second-order valence-electron chi connectivity index (χ2n) is 7.15. The lowest BCUT2D eigenvalue weighted by Crippen LogP contribution is -2.68. The Hall–Kier alpha value is -0.170. The molecule has 1 saturated carbocycles. The van der Waals surface area contributed by atoms with Crippen molar-refractivity contribution in [3.05, 3.63) is 0 Å². The molecule has 0 amide bonds. The minimum Gasteiger partial charge on any atom is -0.377 e. The number of rotatable bonds is 3. The van der Waals surface area contributed by atoms with Crippen LogP contribution in [-0.4, -0.2) is 56.9 Å². The van der Waals surface area contributed by atoms with Gasteiger partial charge in [0.15, 0.2) is 0 Å². The van der Waals surface area contributed by atoms with Gasteiger partial charge in [0, 0.05) is 43.1 Å². The number of ether oxygens (including phenoxy) is 1. The number of sulfonamides is 1. The second-order valence-corrected chi connectivity index (χ2v) is 9.13. The summed E-state index contributed by atoms with van der Waals surface area (Å²) in [5, 5.41) is 3.79. The first-order valence-electron chi connectivity index (χ1n) is 7.63. The zero-order valence-electron chi connectivity index (χ0n) is 12.6. The smallest absolute Gasteiger partial charge is 0.211 e. The van der Waals surface area contributed by atoms with E-state index in [-0.39, 0.29) is 5.41 Å². The Morgan fingerprint density at radius 2 is 1.85 bits per heavy atom. The molecule has 6 heteroatoms. The van der Waals surface area contributed by atoms with Gasteiger partial charge in [-0.05, 0) is 19.3 Å². The largest absolute Gasteiger partial charge is 0.377 e. The average Bonchev–Trinajstić information content (AvgIpc) is 2.82. The van der Waals surface area contributed by atoms with Crippen LogP contribution in [0.1, 0.15) is 33.1 Å². The van der Waals surface area contributed by atoms with Gasteiger partial charge in [-0.1, -0.05) is 13.8 Å². The highest BCUT2D eigenvalue weighted by atomic mass is 32.2. The van der Waals surface area contributed by atoms with Gasteiger partial charge in [-0.15, -0.1) is 0 Å². The Bertz CT molecular complexity index is 469. The first-order valence-corrected chi connectivity index (χ1v) is 9.48. The maximum atomic E-state index is 11.5. The number of hydrogen-bond acceptors (Lipinski definition) is 4. The summed E-state index contributed by atoms with van der Waals surface area (Å²) in [5.41, 5.74) is 0.204. The van der Waals surface area contributed by atoms with Gasteiger partial charge in [0.2, 0.25) is 10.0 Å². The molecule has 0 bridgehead atoms. The molecule has 0 radical (unpaired) electrons. The fourth-order valence-electron chi connectivity index (χ4n) is 4.27. The third-order valence-corrected chi connectivity index (χ3v) is 6.74. The fraction of sp³-hybridized carbons (Fsp3) is 1.00. The maximum absolute atomic E-state index is 11.5. The predicted octanol–water partition coefficient (Wildman–Crippen LogP) is 0.813. The Morgan fingerprint density at radius 1 is 1.20 bits per heavy atom. The average molecular weight is 302 g/mol. The van der Waals surface area contributed by atoms with Crippen molar-refractivity contribution in [2.45, 2.75) is 51.3 Å². The zero-order valence-corrected chi connectivity index (χ0v) is 13.4. The minimum atomic E-state index is -3.02. The molecule has 0 spiro atoms. The van der Waals surface area contributed by atoms with Crippen molar-refractivity contribution in [1.82, 2.24) is 9.62 Å².